The van der Waals surface area contributed by atoms with Crippen LogP contribution in [0, 0.1) is 6.92 Å². The Bertz CT molecular complexity index is 809. The fourth-order valence-corrected chi connectivity index (χ4v) is 4.62. The lowest BCUT2D eigenvalue weighted by Crippen LogP contribution is -2.31. The number of halogens is 1. The van der Waals surface area contributed by atoms with Gasteiger partial charge in [0.2, 0.25) is 0 Å². The normalized spacial score (nSPS) is 18.7. The quantitative estimate of drug-likeness (QED) is 0.521. The van der Waals surface area contributed by atoms with Gasteiger partial charge >= 0.3 is 0 Å². The molecule has 1 N–H and O–H groups in total. The highest BCUT2D eigenvalue weighted by Crippen LogP contribution is 2.33. The zero-order valence-electron chi connectivity index (χ0n) is 11.5. The van der Waals surface area contributed by atoms with Crippen LogP contribution in [-0.4, -0.2) is 25.5 Å². The van der Waals surface area contributed by atoms with Gasteiger partial charge in [0.1, 0.15) is 0 Å². The van der Waals surface area contributed by atoms with E-state index >= 15 is 0 Å². The van der Waals surface area contributed by atoms with E-state index in [1.54, 1.807) is 0 Å². The zero-order chi connectivity index (χ0) is 14.4. The number of nitrogens with one attached hydrogen (secondary N) is 1. The molecule has 108 valence electrons. The van der Waals surface area contributed by atoms with Crippen LogP contribution in [0.1, 0.15) is 28.7 Å². The maximum atomic E-state index is 4.74. The van der Waals surface area contributed by atoms with E-state index in [0.717, 1.165) is 29.9 Å². The van der Waals surface area contributed by atoms with Crippen molar-refractivity contribution in [3.8, 4) is 0 Å². The third kappa shape index (κ3) is 2.20. The standard InChI is InChI=1S/C14H15IN5P/c1-9-3-2-6-19-12(9)7-10(18-19)13-14-11(4-5-16-13)20(21-15)8-17-14/h2-3,6-8,13,16,21H,4-5H2,1H3. The predicted octanol–water partition coefficient (Wildman–Crippen LogP) is 2.87. The van der Waals surface area contributed by atoms with E-state index in [1.165, 1.54) is 11.3 Å². The fraction of sp³-hybridized carbons (Fsp3) is 0.286. The van der Waals surface area contributed by atoms with Gasteiger partial charge in [0.25, 0.3) is 0 Å². The van der Waals surface area contributed by atoms with Crippen molar-refractivity contribution in [2.45, 2.75) is 19.4 Å². The lowest BCUT2D eigenvalue weighted by molar-refractivity contribution is 0.538. The molecule has 0 spiro atoms. The topological polar surface area (TPSA) is 47.1 Å². The Labute approximate surface area is 137 Å². The Kier molecular flexibility index (Phi) is 3.47. The molecule has 4 rings (SSSR count). The van der Waals surface area contributed by atoms with Gasteiger partial charge < -0.3 is 9.65 Å². The third-order valence-electron chi connectivity index (χ3n) is 4.00. The molecule has 0 fully saturated rings. The molecule has 0 saturated heterocycles. The van der Waals surface area contributed by atoms with E-state index in [0.29, 0.717) is 6.37 Å². The van der Waals surface area contributed by atoms with Crippen LogP contribution in [0.3, 0.4) is 0 Å². The summed E-state index contributed by atoms with van der Waals surface area (Å²) in [6, 6.07) is 6.42. The minimum absolute atomic E-state index is 0.0991. The van der Waals surface area contributed by atoms with Crippen molar-refractivity contribution in [1.29, 1.82) is 0 Å². The summed E-state index contributed by atoms with van der Waals surface area (Å²) in [5.74, 6) is 0. The summed E-state index contributed by atoms with van der Waals surface area (Å²) < 4.78 is 4.21. The first-order valence-electron chi connectivity index (χ1n) is 6.89. The van der Waals surface area contributed by atoms with Gasteiger partial charge in [-0.25, -0.2) is 9.50 Å². The Balaban J connectivity index is 1.83. The highest BCUT2D eigenvalue weighted by atomic mass is 127. The van der Waals surface area contributed by atoms with Crippen molar-refractivity contribution in [3.63, 3.8) is 0 Å². The lowest BCUT2D eigenvalue weighted by Gasteiger charge is -2.22. The van der Waals surface area contributed by atoms with Crippen molar-refractivity contribution in [3.05, 3.63) is 53.4 Å². The minimum Gasteiger partial charge on any atom is -0.306 e. The Morgan fingerprint density at radius 3 is 3.19 bits per heavy atom. The van der Waals surface area contributed by atoms with E-state index in [1.807, 2.05) is 23.1 Å². The monoisotopic (exact) mass is 411 g/mol. The minimum atomic E-state index is 0.0991. The zero-order valence-corrected chi connectivity index (χ0v) is 14.7. The Hall–Kier alpha value is -0.980. The fourth-order valence-electron chi connectivity index (χ4n) is 2.94. The molecule has 1 aliphatic heterocycles. The van der Waals surface area contributed by atoms with E-state index in [2.05, 4.69) is 55.7 Å². The summed E-state index contributed by atoms with van der Waals surface area (Å²) in [5.41, 5.74) is 5.93. The highest BCUT2D eigenvalue weighted by molar-refractivity contribution is 14.2. The predicted molar refractivity (Wildman–Crippen MR) is 93.4 cm³/mol. The molecule has 4 heterocycles. The van der Waals surface area contributed by atoms with Crippen LogP contribution in [-0.2, 0) is 6.42 Å². The van der Waals surface area contributed by atoms with E-state index in [-0.39, 0.29) is 6.04 Å². The molecule has 1 aliphatic rings. The van der Waals surface area contributed by atoms with E-state index < -0.39 is 0 Å². The largest absolute Gasteiger partial charge is 0.306 e. The lowest BCUT2D eigenvalue weighted by atomic mass is 10.0. The number of pyridine rings is 1. The van der Waals surface area contributed by atoms with Crippen LogP contribution in [0.25, 0.3) is 5.52 Å². The van der Waals surface area contributed by atoms with E-state index in [4.69, 9.17) is 5.10 Å². The van der Waals surface area contributed by atoms with Crippen molar-refractivity contribution >= 4 is 33.9 Å². The average Bonchev–Trinajstić information content (AvgIpc) is 3.11. The number of aryl methyl sites for hydroxylation is 1. The van der Waals surface area contributed by atoms with Gasteiger partial charge in [-0.05, 0) is 46.7 Å². The summed E-state index contributed by atoms with van der Waals surface area (Å²) in [6.45, 7) is 3.09. The van der Waals surface area contributed by atoms with Crippen LogP contribution < -0.4 is 5.32 Å². The van der Waals surface area contributed by atoms with Crippen LogP contribution in [0.5, 0.6) is 0 Å². The molecule has 0 saturated carbocycles. The SMILES string of the molecule is Cc1cccn2nc(C3NCCc4c3ncn4PI)cc12. The average molecular weight is 411 g/mol. The number of imidazole rings is 1. The van der Waals surface area contributed by atoms with Gasteiger partial charge in [-0.2, -0.15) is 5.10 Å². The second-order valence-corrected chi connectivity index (χ2v) is 7.36. The summed E-state index contributed by atoms with van der Waals surface area (Å²) in [7, 11) is 0. The first-order chi connectivity index (χ1) is 10.3. The number of hydrogen-bond donors (Lipinski definition) is 1. The molecular formula is C14H15IN5P. The molecule has 0 aliphatic carbocycles. The molecule has 2 unspecified atom stereocenters. The van der Waals surface area contributed by atoms with Gasteiger partial charge in [-0.1, -0.05) is 6.07 Å². The van der Waals surface area contributed by atoms with Crippen LogP contribution in [0.2, 0.25) is 0 Å². The van der Waals surface area contributed by atoms with Gasteiger partial charge in [0.05, 0.1) is 29.3 Å². The Morgan fingerprint density at radius 2 is 2.38 bits per heavy atom. The second kappa shape index (κ2) is 5.34. The van der Waals surface area contributed by atoms with Gasteiger partial charge in [-0.3, -0.25) is 0 Å². The molecule has 3 aromatic rings. The van der Waals surface area contributed by atoms with Crippen molar-refractivity contribution in [2.24, 2.45) is 0 Å². The summed E-state index contributed by atoms with van der Waals surface area (Å²) in [4.78, 5) is 4.63. The molecule has 2 atom stereocenters. The second-order valence-electron chi connectivity index (χ2n) is 5.26. The van der Waals surface area contributed by atoms with E-state index in [9.17, 15) is 0 Å². The van der Waals surface area contributed by atoms with Crippen molar-refractivity contribution in [2.75, 3.05) is 6.54 Å². The first kappa shape index (κ1) is 13.7. The molecule has 0 radical (unpaired) electrons. The number of aromatic nitrogens is 4. The van der Waals surface area contributed by atoms with Crippen LogP contribution >= 0.6 is 28.4 Å². The smallest absolute Gasteiger partial charge is 0.0990 e. The summed E-state index contributed by atoms with van der Waals surface area (Å²) in [5, 5.41) is 8.29. The van der Waals surface area contributed by atoms with Crippen LogP contribution in [0.15, 0.2) is 30.7 Å². The molecule has 0 bridgehead atoms. The maximum absolute atomic E-state index is 4.74. The summed E-state index contributed by atoms with van der Waals surface area (Å²) >= 11 is 2.40. The molecule has 7 heteroatoms. The number of hydrogen-bond acceptors (Lipinski definition) is 3. The van der Waals surface area contributed by atoms with Gasteiger partial charge in [0.15, 0.2) is 0 Å². The number of fused-ring (bicyclic) bond motifs is 2. The third-order valence-corrected chi connectivity index (χ3v) is 6.13. The maximum Gasteiger partial charge on any atom is 0.0990 e. The highest BCUT2D eigenvalue weighted by Gasteiger charge is 2.27. The van der Waals surface area contributed by atoms with Gasteiger partial charge in [-0.15, -0.1) is 0 Å². The number of rotatable bonds is 2. The van der Waals surface area contributed by atoms with Gasteiger partial charge in [0, 0.05) is 31.2 Å². The Morgan fingerprint density at radius 1 is 1.48 bits per heavy atom. The number of nitrogens with zero attached hydrogens (tertiary/aromatic N) is 4. The molecular weight excluding hydrogens is 396 g/mol. The molecule has 3 aromatic heterocycles. The van der Waals surface area contributed by atoms with Crippen LogP contribution in [0.4, 0.5) is 0 Å². The molecule has 21 heavy (non-hydrogen) atoms. The van der Waals surface area contributed by atoms with Crippen molar-refractivity contribution in [1.82, 2.24) is 24.3 Å². The first-order valence-corrected chi connectivity index (χ1v) is 10.9. The molecule has 5 nitrogen and oxygen atoms in total. The molecule has 0 amide bonds. The van der Waals surface area contributed by atoms with Crippen molar-refractivity contribution < 1.29 is 0 Å². The summed E-state index contributed by atoms with van der Waals surface area (Å²) in [6.07, 6.45) is 5.69. The molecule has 0 aromatic carbocycles.